The van der Waals surface area contributed by atoms with Gasteiger partial charge in [-0.25, -0.2) is 0 Å². The SMILES string of the molecule is C[C@@H]1SP(=S)(Oc2ccc([N+](=O)[O-])cc2)O[C@@H]1C. The van der Waals surface area contributed by atoms with E-state index in [4.69, 9.17) is 20.9 Å². The van der Waals surface area contributed by atoms with Crippen LogP contribution in [0.25, 0.3) is 0 Å². The van der Waals surface area contributed by atoms with Crippen molar-refractivity contribution in [2.45, 2.75) is 25.2 Å². The smallest absolute Gasteiger partial charge is 0.298 e. The molecule has 0 N–H and O–H groups in total. The van der Waals surface area contributed by atoms with Crippen molar-refractivity contribution >= 4 is 34.6 Å². The molecule has 1 aliphatic heterocycles. The van der Waals surface area contributed by atoms with Crippen molar-refractivity contribution in [2.24, 2.45) is 0 Å². The molecular weight excluding hydrogens is 293 g/mol. The van der Waals surface area contributed by atoms with E-state index in [-0.39, 0.29) is 11.8 Å². The van der Waals surface area contributed by atoms with Crippen molar-refractivity contribution in [1.82, 2.24) is 0 Å². The molecule has 8 heteroatoms. The molecule has 1 aromatic rings. The average Bonchev–Trinajstić information content (AvgIpc) is 2.53. The van der Waals surface area contributed by atoms with Crippen LogP contribution < -0.4 is 4.52 Å². The summed E-state index contributed by atoms with van der Waals surface area (Å²) in [5.74, 6) is 0.512. The Morgan fingerprint density at radius 1 is 1.44 bits per heavy atom. The molecule has 1 aromatic carbocycles. The molecule has 1 fully saturated rings. The Morgan fingerprint density at radius 3 is 2.50 bits per heavy atom. The fourth-order valence-electron chi connectivity index (χ4n) is 1.40. The van der Waals surface area contributed by atoms with Crippen LogP contribution in [-0.2, 0) is 16.3 Å². The molecule has 0 aliphatic carbocycles. The van der Waals surface area contributed by atoms with E-state index in [1.54, 1.807) is 12.1 Å². The summed E-state index contributed by atoms with van der Waals surface area (Å²) in [5, 5.41) is 10.8. The van der Waals surface area contributed by atoms with Gasteiger partial charge in [-0.3, -0.25) is 10.1 Å². The first-order valence-corrected chi connectivity index (χ1v) is 9.43. The molecule has 0 amide bonds. The normalized spacial score (nSPS) is 31.2. The minimum absolute atomic E-state index is 0.0285. The van der Waals surface area contributed by atoms with Crippen LogP contribution in [0.1, 0.15) is 13.8 Å². The summed E-state index contributed by atoms with van der Waals surface area (Å²) in [4.78, 5) is 10.1. The second-order valence-corrected chi connectivity index (χ2v) is 10.4. The van der Waals surface area contributed by atoms with Crippen LogP contribution in [0.15, 0.2) is 24.3 Å². The zero-order valence-electron chi connectivity index (χ0n) is 9.81. The number of non-ortho nitro benzene ring substituents is 1. The number of nitrogens with zero attached hydrogens (tertiary/aromatic N) is 1. The lowest BCUT2D eigenvalue weighted by Crippen LogP contribution is -2.10. The zero-order chi connectivity index (χ0) is 13.3. The van der Waals surface area contributed by atoms with Crippen LogP contribution >= 0.6 is 17.1 Å². The van der Waals surface area contributed by atoms with Gasteiger partial charge in [-0.15, -0.1) is 0 Å². The van der Waals surface area contributed by atoms with Gasteiger partial charge in [0.2, 0.25) is 0 Å². The van der Waals surface area contributed by atoms with E-state index in [1.165, 1.54) is 23.5 Å². The van der Waals surface area contributed by atoms with Crippen molar-refractivity contribution in [3.05, 3.63) is 34.4 Å². The summed E-state index contributed by atoms with van der Waals surface area (Å²) in [7, 11) is 0. The molecular formula is C10H12NO4PS2. The molecule has 0 radical (unpaired) electrons. The number of hydrogen-bond acceptors (Lipinski definition) is 6. The summed E-state index contributed by atoms with van der Waals surface area (Å²) in [5.41, 5.74) is -2.33. The Kier molecular flexibility index (Phi) is 3.96. The molecule has 1 heterocycles. The van der Waals surface area contributed by atoms with Gasteiger partial charge in [0.05, 0.1) is 11.0 Å². The molecule has 0 spiro atoms. The monoisotopic (exact) mass is 305 g/mol. The van der Waals surface area contributed by atoms with Gasteiger partial charge in [0.15, 0.2) is 0 Å². The first kappa shape index (κ1) is 13.8. The van der Waals surface area contributed by atoms with Gasteiger partial charge in [0, 0.05) is 17.4 Å². The molecule has 0 aromatic heterocycles. The highest BCUT2D eigenvalue weighted by Crippen LogP contribution is 2.68. The molecule has 1 saturated heterocycles. The molecule has 18 heavy (non-hydrogen) atoms. The third-order valence-electron chi connectivity index (χ3n) is 2.52. The molecule has 0 saturated carbocycles. The van der Waals surface area contributed by atoms with Crippen molar-refractivity contribution in [2.75, 3.05) is 0 Å². The maximum Gasteiger partial charge on any atom is 0.298 e. The molecule has 1 unspecified atom stereocenters. The van der Waals surface area contributed by atoms with E-state index in [0.717, 1.165) is 0 Å². The summed E-state index contributed by atoms with van der Waals surface area (Å²) in [6.45, 7) is 4.01. The quantitative estimate of drug-likeness (QED) is 0.481. The van der Waals surface area contributed by atoms with Gasteiger partial charge < -0.3 is 9.05 Å². The summed E-state index contributed by atoms with van der Waals surface area (Å²) in [6.07, 6.45) is 0.0684. The van der Waals surface area contributed by atoms with Crippen LogP contribution in [0, 0.1) is 10.1 Å². The highest BCUT2D eigenvalue weighted by molar-refractivity contribution is 8.68. The van der Waals surface area contributed by atoms with E-state index in [0.29, 0.717) is 11.0 Å². The van der Waals surface area contributed by atoms with Gasteiger partial charge in [0.25, 0.3) is 11.4 Å². The van der Waals surface area contributed by atoms with Gasteiger partial charge in [0.1, 0.15) is 5.75 Å². The lowest BCUT2D eigenvalue weighted by molar-refractivity contribution is -0.384. The highest BCUT2D eigenvalue weighted by atomic mass is 32.9. The fourth-order valence-corrected chi connectivity index (χ4v) is 7.79. The molecule has 0 bridgehead atoms. The van der Waals surface area contributed by atoms with Crippen LogP contribution in [0.3, 0.4) is 0 Å². The first-order valence-electron chi connectivity index (χ1n) is 5.30. The van der Waals surface area contributed by atoms with E-state index in [9.17, 15) is 10.1 Å². The van der Waals surface area contributed by atoms with Crippen molar-refractivity contribution < 1.29 is 14.0 Å². The molecule has 5 nitrogen and oxygen atoms in total. The second-order valence-electron chi connectivity index (χ2n) is 3.91. The number of nitro benzene ring substituents is 1. The lowest BCUT2D eigenvalue weighted by atomic mass is 10.3. The Morgan fingerprint density at radius 2 is 2.06 bits per heavy atom. The Balaban J connectivity index is 2.10. The highest BCUT2D eigenvalue weighted by Gasteiger charge is 2.38. The molecule has 2 rings (SSSR count). The number of rotatable bonds is 3. The van der Waals surface area contributed by atoms with Crippen molar-refractivity contribution in [1.29, 1.82) is 0 Å². The standard InChI is InChI=1S/C10H12NO4PS2/c1-7-8(2)18-16(17,14-7)15-10-5-3-9(4-6-10)11(12)13/h3-8H,1-2H3/t7-,8+,16?/m1/s1. The first-order chi connectivity index (χ1) is 8.39. The molecule has 1 aliphatic rings. The van der Waals surface area contributed by atoms with Gasteiger partial charge in [-0.2, -0.15) is 0 Å². The van der Waals surface area contributed by atoms with E-state index in [2.05, 4.69) is 0 Å². The molecule has 3 atom stereocenters. The Labute approximate surface area is 114 Å². The van der Waals surface area contributed by atoms with Crippen LogP contribution in [0.5, 0.6) is 5.75 Å². The van der Waals surface area contributed by atoms with Crippen molar-refractivity contribution in [3.63, 3.8) is 0 Å². The maximum absolute atomic E-state index is 10.5. The molecule has 98 valence electrons. The van der Waals surface area contributed by atoms with Gasteiger partial charge in [-0.05, 0) is 30.9 Å². The van der Waals surface area contributed by atoms with E-state index >= 15 is 0 Å². The summed E-state index contributed by atoms with van der Waals surface area (Å²) < 4.78 is 11.4. The van der Waals surface area contributed by atoms with Gasteiger partial charge in [-0.1, -0.05) is 18.3 Å². The number of hydrogen-bond donors (Lipinski definition) is 0. The van der Waals surface area contributed by atoms with Crippen LogP contribution in [0.2, 0.25) is 0 Å². The third kappa shape index (κ3) is 3.03. The Bertz CT molecular complexity index is 493. The van der Waals surface area contributed by atoms with Gasteiger partial charge >= 0.3 is 0 Å². The van der Waals surface area contributed by atoms with Crippen molar-refractivity contribution in [3.8, 4) is 5.75 Å². The largest absolute Gasteiger partial charge is 0.436 e. The third-order valence-corrected chi connectivity index (χ3v) is 8.03. The van der Waals surface area contributed by atoms with E-state index in [1.807, 2.05) is 13.8 Å². The predicted octanol–water partition coefficient (Wildman–Crippen LogP) is 3.74. The van der Waals surface area contributed by atoms with E-state index < -0.39 is 10.6 Å². The topological polar surface area (TPSA) is 61.6 Å². The fraction of sp³-hybridized carbons (Fsp3) is 0.400. The minimum atomic E-state index is -2.36. The Hall–Kier alpha value is -0.620. The number of nitro groups is 1. The minimum Gasteiger partial charge on any atom is -0.436 e. The zero-order valence-corrected chi connectivity index (χ0v) is 12.3. The second kappa shape index (κ2) is 5.17. The van der Waals surface area contributed by atoms with Crippen LogP contribution in [-0.4, -0.2) is 16.3 Å². The average molecular weight is 305 g/mol. The summed E-state index contributed by atoms with van der Waals surface area (Å²) in [6, 6.07) is 5.88. The predicted molar refractivity (Wildman–Crippen MR) is 75.6 cm³/mol. The number of benzene rings is 1. The lowest BCUT2D eigenvalue weighted by Gasteiger charge is -2.15. The van der Waals surface area contributed by atoms with Crippen LogP contribution in [0.4, 0.5) is 5.69 Å². The summed E-state index contributed by atoms with van der Waals surface area (Å²) >= 11 is 6.91. The maximum atomic E-state index is 10.5.